The molecule has 1 saturated heterocycles. The van der Waals surface area contributed by atoms with Crippen LogP contribution in [0.15, 0.2) is 42.5 Å². The van der Waals surface area contributed by atoms with Crippen LogP contribution in [0.1, 0.15) is 5.56 Å². The van der Waals surface area contributed by atoms with Gasteiger partial charge in [-0.15, -0.1) is 0 Å². The van der Waals surface area contributed by atoms with Crippen LogP contribution in [0.2, 0.25) is 0 Å². The van der Waals surface area contributed by atoms with Crippen LogP contribution in [0.3, 0.4) is 0 Å². The molecule has 1 aliphatic rings. The van der Waals surface area contributed by atoms with Crippen molar-refractivity contribution in [1.82, 2.24) is 0 Å². The summed E-state index contributed by atoms with van der Waals surface area (Å²) < 4.78 is 10.5. The molecule has 1 aliphatic heterocycles. The minimum Gasteiger partial charge on any atom is -0.394 e. The van der Waals surface area contributed by atoms with E-state index < -0.39 is 37.3 Å². The van der Waals surface area contributed by atoms with Gasteiger partial charge >= 0.3 is 0 Å². The molecule has 3 rings (SSSR count). The van der Waals surface area contributed by atoms with Crippen molar-refractivity contribution in [2.75, 3.05) is 6.61 Å². The molecule has 0 aromatic heterocycles. The molecule has 0 amide bonds. The summed E-state index contributed by atoms with van der Waals surface area (Å²) >= 11 is 0. The molecule has 0 saturated carbocycles. The average Bonchev–Trinajstić information content (AvgIpc) is 2.58. The minimum atomic E-state index is -1.50. The molecule has 1 fully saturated rings. The van der Waals surface area contributed by atoms with Crippen molar-refractivity contribution in [2.45, 2.75) is 37.3 Å². The standard InChI is InChI=1S/C17H20O6.4Ac/c18-8-13-14(19)16(15(20)17(21)23-13)22-9-10-5-6-11-3-1-2-4-12(11)7-10;;;;/h1-7,13-21H,8-9H2;;;;/t13?,14-,15?,16+,17-;;;;/m1..../s1. The molecule has 136 valence electrons. The van der Waals surface area contributed by atoms with Gasteiger partial charge in [-0.3, -0.25) is 0 Å². The summed E-state index contributed by atoms with van der Waals surface area (Å²) in [6.45, 7) is -0.310. The van der Waals surface area contributed by atoms with Crippen molar-refractivity contribution in [3.05, 3.63) is 48.0 Å². The topological polar surface area (TPSA) is 99.4 Å². The quantitative estimate of drug-likeness (QED) is 0.349. The molecule has 0 bridgehead atoms. The van der Waals surface area contributed by atoms with Crippen molar-refractivity contribution >= 4 is 10.8 Å². The largest absolute Gasteiger partial charge is 0.394 e. The molecule has 2 aromatic carbocycles. The maximum atomic E-state index is 10.1. The van der Waals surface area contributed by atoms with E-state index >= 15 is 0 Å². The predicted octanol–water partition coefficient (Wildman–Crippen LogP) is 0.156. The molecule has 0 aliphatic carbocycles. The van der Waals surface area contributed by atoms with Crippen molar-refractivity contribution in [3.8, 4) is 0 Å². The van der Waals surface area contributed by atoms with Gasteiger partial charge in [0.15, 0.2) is 6.29 Å². The van der Waals surface area contributed by atoms with Gasteiger partial charge < -0.3 is 29.9 Å². The Morgan fingerprint density at radius 3 is 2.11 bits per heavy atom. The first-order chi connectivity index (χ1) is 11.1. The Morgan fingerprint density at radius 1 is 0.852 bits per heavy atom. The first-order valence-electron chi connectivity index (χ1n) is 7.50. The second-order valence-electron chi connectivity index (χ2n) is 5.69. The Bertz CT molecular complexity index is 677. The van der Waals surface area contributed by atoms with Gasteiger partial charge in [0.05, 0.1) is 13.2 Å². The molecular formula is C17H20Ac4O6. The van der Waals surface area contributed by atoms with E-state index in [0.717, 1.165) is 16.3 Å². The molecule has 27 heavy (non-hydrogen) atoms. The molecule has 10 heteroatoms. The molecule has 4 radical (unpaired) electrons. The van der Waals surface area contributed by atoms with E-state index in [1.54, 1.807) is 0 Å². The van der Waals surface area contributed by atoms with Gasteiger partial charge in [-0.1, -0.05) is 36.4 Å². The number of aliphatic hydroxyl groups is 4. The van der Waals surface area contributed by atoms with E-state index in [1.807, 2.05) is 42.5 Å². The van der Waals surface area contributed by atoms with Crippen LogP contribution < -0.4 is 0 Å². The summed E-state index contributed by atoms with van der Waals surface area (Å²) in [7, 11) is 0. The fourth-order valence-corrected chi connectivity index (χ4v) is 2.79. The Balaban J connectivity index is 0. The molecule has 0 spiro atoms. The minimum absolute atomic E-state index is 0. The number of fused-ring (bicyclic) bond motifs is 1. The predicted molar refractivity (Wildman–Crippen MR) is 82.5 cm³/mol. The van der Waals surface area contributed by atoms with E-state index in [4.69, 9.17) is 14.6 Å². The Kier molecular flexibility index (Phi) is 20.8. The number of aliphatic hydroxyl groups excluding tert-OH is 4. The van der Waals surface area contributed by atoms with Crippen LogP contribution >= 0.6 is 0 Å². The van der Waals surface area contributed by atoms with Crippen LogP contribution in [-0.4, -0.2) is 57.7 Å². The summed E-state index contributed by atoms with van der Waals surface area (Å²) in [6.07, 6.45) is -6.14. The van der Waals surface area contributed by atoms with Crippen LogP contribution in [0.4, 0.5) is 0 Å². The SMILES string of the molecule is OCC1O[C@@H](O)C(O)[C@@H](OCc2ccc3ccccc3c2)[C@@H]1O.[Ac].[Ac].[Ac].[Ac]. The zero-order valence-electron chi connectivity index (χ0n) is 14.8. The molecular weight excluding hydrogens is 1210 g/mol. The third-order valence-corrected chi connectivity index (χ3v) is 4.10. The fourth-order valence-electron chi connectivity index (χ4n) is 2.79. The van der Waals surface area contributed by atoms with E-state index in [1.165, 1.54) is 0 Å². The molecule has 4 N–H and O–H groups in total. The summed E-state index contributed by atoms with van der Waals surface area (Å²) in [5.41, 5.74) is 0.879. The maximum absolute atomic E-state index is 10.1. The Labute approximate surface area is 301 Å². The Hall–Kier alpha value is 4.23. The third kappa shape index (κ3) is 9.18. The summed E-state index contributed by atoms with van der Waals surface area (Å²) in [6, 6.07) is 13.7. The number of rotatable bonds is 4. The number of ether oxygens (including phenoxy) is 2. The van der Waals surface area contributed by atoms with Crippen LogP contribution in [0.25, 0.3) is 10.8 Å². The zero-order valence-corrected chi connectivity index (χ0v) is 33.7. The van der Waals surface area contributed by atoms with Gasteiger partial charge in [0, 0.05) is 176 Å². The first-order valence-corrected chi connectivity index (χ1v) is 7.50. The molecule has 6 nitrogen and oxygen atoms in total. The normalized spacial score (nSPS) is 26.7. The van der Waals surface area contributed by atoms with Crippen LogP contribution in [0.5, 0.6) is 0 Å². The van der Waals surface area contributed by atoms with Gasteiger partial charge in [0.2, 0.25) is 0 Å². The second-order valence-corrected chi connectivity index (χ2v) is 5.69. The number of benzene rings is 2. The summed E-state index contributed by atoms with van der Waals surface area (Å²) in [4.78, 5) is 0. The van der Waals surface area contributed by atoms with Crippen molar-refractivity contribution in [2.24, 2.45) is 0 Å². The summed E-state index contributed by atoms with van der Waals surface area (Å²) in [5.74, 6) is 0. The third-order valence-electron chi connectivity index (χ3n) is 4.10. The molecule has 1 heterocycles. The maximum Gasteiger partial charge on any atom is 0.184 e. The van der Waals surface area contributed by atoms with E-state index in [-0.39, 0.29) is 183 Å². The molecule has 2 unspecified atom stereocenters. The van der Waals surface area contributed by atoms with Gasteiger partial charge in [-0.05, 0) is 22.4 Å². The van der Waals surface area contributed by atoms with Gasteiger partial charge in [-0.2, -0.15) is 0 Å². The average molecular weight is 1230 g/mol. The Morgan fingerprint density at radius 2 is 1.48 bits per heavy atom. The van der Waals surface area contributed by atoms with Gasteiger partial charge in [0.25, 0.3) is 0 Å². The van der Waals surface area contributed by atoms with Crippen molar-refractivity contribution < 1.29 is 206 Å². The van der Waals surface area contributed by atoms with Crippen molar-refractivity contribution in [1.29, 1.82) is 0 Å². The fraction of sp³-hybridized carbons (Fsp3) is 0.412. The van der Waals surface area contributed by atoms with Crippen LogP contribution in [-0.2, 0) is 16.1 Å². The zero-order chi connectivity index (χ0) is 16.4. The number of hydrogen-bond acceptors (Lipinski definition) is 6. The van der Waals surface area contributed by atoms with Crippen molar-refractivity contribution in [3.63, 3.8) is 0 Å². The smallest absolute Gasteiger partial charge is 0.184 e. The van der Waals surface area contributed by atoms with Crippen LogP contribution in [0, 0.1) is 176 Å². The van der Waals surface area contributed by atoms with Gasteiger partial charge in [-0.25, -0.2) is 0 Å². The monoisotopic (exact) mass is 1230 g/mol. The molecule has 2 aromatic rings. The van der Waals surface area contributed by atoms with Gasteiger partial charge in [0.1, 0.15) is 24.4 Å². The second kappa shape index (κ2) is 16.8. The number of hydrogen-bond donors (Lipinski definition) is 4. The van der Waals surface area contributed by atoms with E-state index in [2.05, 4.69) is 0 Å². The van der Waals surface area contributed by atoms with E-state index in [9.17, 15) is 15.3 Å². The summed E-state index contributed by atoms with van der Waals surface area (Å²) in [5, 5.41) is 41.0. The van der Waals surface area contributed by atoms with E-state index in [0.29, 0.717) is 0 Å². The molecule has 5 atom stereocenters. The first kappa shape index (κ1) is 33.4.